The van der Waals surface area contributed by atoms with Gasteiger partial charge in [-0.2, -0.15) is 0 Å². The highest BCUT2D eigenvalue weighted by Gasteiger charge is 2.64. The highest BCUT2D eigenvalue weighted by atomic mass is 19.1. The predicted molar refractivity (Wildman–Crippen MR) is 221 cm³/mol. The lowest BCUT2D eigenvalue weighted by atomic mass is 9.57. The standard InChI is InChI=1S/C43H49FN6O11/c1-19-16-48(34-26(44)15-23-32(38(34)61-6)50(21-7-8-21)17-24(35(23)52)42(58)59)11-12-49(19)18-45-41(57)31-37(54)33(47(4)5)25-14-20-13-22-27(46(2)3)9-10-28(51)30(22)36(53)29(20)39(55)43(25,60)40(31)56/h9-10,15,17,19-21,25,33,51,53,56,60H,7-8,11-14,16,18H2,1-6H3,(H,45,57)(H,58,59)/t19?,20?,25?,33-,43-/m0/s1. The number of carbonyl (C=O) groups excluding carboxylic acids is 3. The molecule has 3 fully saturated rings. The number of nitrogens with zero attached hydrogens (tertiary/aromatic N) is 5. The maximum absolute atomic E-state index is 16.1. The monoisotopic (exact) mass is 844 g/mol. The molecule has 61 heavy (non-hydrogen) atoms. The van der Waals surface area contributed by atoms with E-state index < -0.39 is 80.8 Å². The van der Waals surface area contributed by atoms with Crippen LogP contribution >= 0.6 is 0 Å². The molecule has 4 aliphatic carbocycles. The van der Waals surface area contributed by atoms with Crippen LogP contribution in [0.2, 0.25) is 0 Å². The Balaban J connectivity index is 1.06. The number of aromatic carboxylic acids is 1. The molecule has 17 nitrogen and oxygen atoms in total. The van der Waals surface area contributed by atoms with Gasteiger partial charge in [0.2, 0.25) is 11.2 Å². The predicted octanol–water partition coefficient (Wildman–Crippen LogP) is 2.32. The molecule has 5 atom stereocenters. The van der Waals surface area contributed by atoms with E-state index in [0.717, 1.165) is 18.9 Å². The van der Waals surface area contributed by atoms with Crippen LogP contribution in [0.4, 0.5) is 15.8 Å². The maximum Gasteiger partial charge on any atom is 0.341 e. The molecule has 8 rings (SSSR count). The van der Waals surface area contributed by atoms with Crippen LogP contribution in [0.5, 0.6) is 11.5 Å². The highest BCUT2D eigenvalue weighted by Crippen LogP contribution is 2.54. The van der Waals surface area contributed by atoms with Gasteiger partial charge in [0.1, 0.15) is 34.1 Å². The molecule has 2 heterocycles. The molecule has 2 aromatic carbocycles. The Bertz CT molecular complexity index is 2560. The molecule has 0 radical (unpaired) electrons. The molecule has 1 saturated heterocycles. The Hall–Kier alpha value is -5.98. The highest BCUT2D eigenvalue weighted by molar-refractivity contribution is 6.25. The van der Waals surface area contributed by atoms with Crippen molar-refractivity contribution in [3.63, 3.8) is 0 Å². The van der Waals surface area contributed by atoms with Gasteiger partial charge >= 0.3 is 5.97 Å². The van der Waals surface area contributed by atoms with E-state index in [1.54, 1.807) is 48.6 Å². The molecule has 3 unspecified atom stereocenters. The Labute approximate surface area is 349 Å². The molecule has 5 aliphatic rings. The van der Waals surface area contributed by atoms with Gasteiger partial charge in [-0.25, -0.2) is 9.18 Å². The van der Waals surface area contributed by atoms with Gasteiger partial charge in [0.25, 0.3) is 5.91 Å². The number of anilines is 2. The molecule has 0 spiro atoms. The van der Waals surface area contributed by atoms with Crippen molar-refractivity contribution in [2.24, 2.45) is 11.8 Å². The van der Waals surface area contributed by atoms with Crippen molar-refractivity contribution in [1.82, 2.24) is 19.7 Å². The summed E-state index contributed by atoms with van der Waals surface area (Å²) in [6.45, 7) is 2.39. The molecule has 1 amide bonds. The third-order valence-corrected chi connectivity index (χ3v) is 13.1. The fraction of sp³-hybridized carbons (Fsp3) is 0.465. The number of phenols is 1. The van der Waals surface area contributed by atoms with E-state index in [2.05, 4.69) is 5.32 Å². The lowest BCUT2D eigenvalue weighted by Gasteiger charge is -2.50. The minimum atomic E-state index is -2.76. The number of ether oxygens (including phenoxy) is 1. The van der Waals surface area contributed by atoms with Crippen molar-refractivity contribution < 1.29 is 53.8 Å². The number of nitrogens with one attached hydrogen (secondary N) is 1. The van der Waals surface area contributed by atoms with Gasteiger partial charge in [-0.05, 0) is 76.4 Å². The lowest BCUT2D eigenvalue weighted by molar-refractivity contribution is -0.153. The van der Waals surface area contributed by atoms with Crippen LogP contribution in [0, 0.1) is 17.7 Å². The number of likely N-dealkylation sites (N-methyl/N-ethyl adjacent to an activating group) is 1. The molecule has 0 bridgehead atoms. The van der Waals surface area contributed by atoms with E-state index >= 15 is 4.39 Å². The number of piperazine rings is 1. The van der Waals surface area contributed by atoms with Gasteiger partial charge in [-0.1, -0.05) is 0 Å². The quantitative estimate of drug-likeness (QED) is 0.170. The van der Waals surface area contributed by atoms with Crippen LogP contribution < -0.4 is 25.3 Å². The van der Waals surface area contributed by atoms with Gasteiger partial charge in [-0.15, -0.1) is 0 Å². The van der Waals surface area contributed by atoms with E-state index in [4.69, 9.17) is 4.74 Å². The number of carboxylic acid groups (broad SMARTS) is 1. The first kappa shape index (κ1) is 41.7. The number of aliphatic hydroxyl groups is 3. The third-order valence-electron chi connectivity index (χ3n) is 13.1. The molecular weight excluding hydrogens is 796 g/mol. The number of carboxylic acids is 1. The Morgan fingerprint density at radius 2 is 1.77 bits per heavy atom. The molecule has 1 aromatic heterocycles. The van der Waals surface area contributed by atoms with Crippen LogP contribution in [-0.2, 0) is 20.8 Å². The average molecular weight is 845 g/mol. The number of phenolic OH excluding ortho intramolecular Hbond substituents is 1. The minimum Gasteiger partial charge on any atom is -0.508 e. The zero-order valence-corrected chi connectivity index (χ0v) is 34.7. The molecule has 1 aliphatic heterocycles. The summed E-state index contributed by atoms with van der Waals surface area (Å²) in [5.41, 5.74) is -3.32. The smallest absolute Gasteiger partial charge is 0.341 e. The minimum absolute atomic E-state index is 0.0104. The Morgan fingerprint density at radius 1 is 1.07 bits per heavy atom. The average Bonchev–Trinajstić information content (AvgIpc) is 4.04. The molecule has 18 heteroatoms. The number of hydrogen-bond acceptors (Lipinski definition) is 14. The zero-order chi connectivity index (χ0) is 44.1. The van der Waals surface area contributed by atoms with E-state index in [1.165, 1.54) is 24.3 Å². The van der Waals surface area contributed by atoms with Crippen molar-refractivity contribution in [1.29, 1.82) is 0 Å². The van der Waals surface area contributed by atoms with Crippen molar-refractivity contribution in [3.05, 3.63) is 74.0 Å². The second-order valence-electron chi connectivity index (χ2n) is 17.2. The number of aromatic nitrogens is 1. The maximum atomic E-state index is 16.1. The van der Waals surface area contributed by atoms with Crippen LogP contribution in [-0.4, -0.2) is 143 Å². The first-order valence-corrected chi connectivity index (χ1v) is 20.2. The van der Waals surface area contributed by atoms with Crippen LogP contribution in [0.15, 0.2) is 46.1 Å². The molecule has 324 valence electrons. The number of amides is 1. The zero-order valence-electron chi connectivity index (χ0n) is 34.7. The summed E-state index contributed by atoms with van der Waals surface area (Å²) in [6.07, 6.45) is 2.97. The van der Waals surface area contributed by atoms with Crippen LogP contribution in [0.3, 0.4) is 0 Å². The summed E-state index contributed by atoms with van der Waals surface area (Å²) < 4.78 is 23.5. The number of aliphatic hydroxyl groups excluding tert-OH is 2. The number of fused-ring (bicyclic) bond motifs is 4. The third kappa shape index (κ3) is 6.33. The van der Waals surface area contributed by atoms with Gasteiger partial charge < -0.3 is 50.0 Å². The van der Waals surface area contributed by atoms with Crippen molar-refractivity contribution >= 4 is 51.5 Å². The number of Topliss-reactive ketones (excluding diaryl/α,β-unsaturated/α-hetero) is 2. The number of halogens is 1. The van der Waals surface area contributed by atoms with E-state index in [1.807, 2.05) is 11.8 Å². The number of carbonyl (C=O) groups is 4. The largest absolute Gasteiger partial charge is 0.508 e. The molecule has 2 saturated carbocycles. The van der Waals surface area contributed by atoms with E-state index in [9.17, 15) is 49.5 Å². The summed E-state index contributed by atoms with van der Waals surface area (Å²) >= 11 is 0. The summed E-state index contributed by atoms with van der Waals surface area (Å²) in [4.78, 5) is 74.6. The number of hydrogen-bond donors (Lipinski definition) is 6. The number of ketones is 2. The van der Waals surface area contributed by atoms with Crippen LogP contribution in [0.25, 0.3) is 16.7 Å². The summed E-state index contributed by atoms with van der Waals surface area (Å²) in [5, 5.41) is 58.6. The topological polar surface area (TPSA) is 226 Å². The fourth-order valence-corrected chi connectivity index (χ4v) is 10.0. The number of rotatable bonds is 9. The van der Waals surface area contributed by atoms with E-state index in [0.29, 0.717) is 16.8 Å². The van der Waals surface area contributed by atoms with Crippen molar-refractivity contribution in [2.75, 3.05) is 71.4 Å². The van der Waals surface area contributed by atoms with Gasteiger partial charge in [0.05, 0.1) is 36.3 Å². The lowest BCUT2D eigenvalue weighted by Crippen LogP contribution is -2.66. The van der Waals surface area contributed by atoms with Gasteiger partial charge in [0, 0.05) is 69.2 Å². The number of methoxy groups -OCH3 is 1. The molecule has 3 aromatic rings. The Kier molecular flexibility index (Phi) is 10.2. The van der Waals surface area contributed by atoms with Gasteiger partial charge in [0.15, 0.2) is 23.0 Å². The second kappa shape index (κ2) is 14.9. The first-order chi connectivity index (χ1) is 28.8. The number of benzene rings is 2. The van der Waals surface area contributed by atoms with E-state index in [-0.39, 0.29) is 84.9 Å². The van der Waals surface area contributed by atoms with Gasteiger partial charge in [-0.3, -0.25) is 29.0 Å². The summed E-state index contributed by atoms with van der Waals surface area (Å²) in [5.74, 6) is -8.79. The van der Waals surface area contributed by atoms with Crippen molar-refractivity contribution in [3.8, 4) is 11.5 Å². The fourth-order valence-electron chi connectivity index (χ4n) is 10.0. The Morgan fingerprint density at radius 3 is 2.38 bits per heavy atom. The second-order valence-corrected chi connectivity index (χ2v) is 17.2. The SMILES string of the molecule is COc1c(N2CCN(CNC(=O)C3=C(O)[C@@]4(O)C(=O)C5=C(O)c6c(O)ccc(N(C)C)c6CC5CC4[C@H](N(C)C)C3=O)C(C)C2)c(F)cc2c(=O)c(C(=O)O)cn(C3CC3)c12. The normalized spacial score (nSPS) is 25.4. The molecule has 6 N–H and O–H groups in total. The summed E-state index contributed by atoms with van der Waals surface area (Å²) in [6, 6.07) is 2.49. The summed E-state index contributed by atoms with van der Waals surface area (Å²) in [7, 11) is 8.09. The number of pyridine rings is 1. The van der Waals surface area contributed by atoms with Crippen LogP contribution in [0.1, 0.15) is 53.7 Å². The first-order valence-electron chi connectivity index (χ1n) is 20.2. The van der Waals surface area contributed by atoms with Crippen molar-refractivity contribution in [2.45, 2.75) is 56.3 Å². The molecular formula is C43H49FN6O11. The number of aromatic hydroxyl groups is 1.